The first-order chi connectivity index (χ1) is 7.75. The van der Waals surface area contributed by atoms with Gasteiger partial charge in [0.1, 0.15) is 5.82 Å². The summed E-state index contributed by atoms with van der Waals surface area (Å²) in [5.74, 6) is 0.712. The Balaban J connectivity index is 1.97. The highest BCUT2D eigenvalue weighted by Crippen LogP contribution is 2.18. The van der Waals surface area contributed by atoms with E-state index in [4.69, 9.17) is 11.6 Å². The standard InChI is InChI=1S/C11H13ClN4/c1-9(8-16-7-3-6-14-16)15-11-10(12)4-2-5-13-11/h2-7,9H,8H2,1H3,(H,13,15). The maximum absolute atomic E-state index is 6.00. The van der Waals surface area contributed by atoms with Crippen LogP contribution in [0.2, 0.25) is 5.02 Å². The van der Waals surface area contributed by atoms with Crippen molar-refractivity contribution in [3.05, 3.63) is 41.8 Å². The second-order valence-electron chi connectivity index (χ2n) is 3.61. The van der Waals surface area contributed by atoms with Gasteiger partial charge >= 0.3 is 0 Å². The van der Waals surface area contributed by atoms with Crippen LogP contribution in [0, 0.1) is 0 Å². The molecule has 4 nitrogen and oxygen atoms in total. The van der Waals surface area contributed by atoms with Gasteiger partial charge in [-0.05, 0) is 25.1 Å². The predicted molar refractivity (Wildman–Crippen MR) is 64.6 cm³/mol. The third kappa shape index (κ3) is 2.73. The van der Waals surface area contributed by atoms with Crippen molar-refractivity contribution in [2.45, 2.75) is 19.5 Å². The second kappa shape index (κ2) is 4.99. The molecule has 5 heteroatoms. The molecule has 2 rings (SSSR count). The molecule has 1 N–H and O–H groups in total. The van der Waals surface area contributed by atoms with E-state index in [9.17, 15) is 0 Å². The Labute approximate surface area is 99.3 Å². The molecule has 2 aromatic rings. The maximum Gasteiger partial charge on any atom is 0.145 e. The van der Waals surface area contributed by atoms with E-state index in [1.165, 1.54) is 0 Å². The molecular weight excluding hydrogens is 224 g/mol. The Bertz CT molecular complexity index is 441. The van der Waals surface area contributed by atoms with Gasteiger partial charge in [0, 0.05) is 24.6 Å². The average Bonchev–Trinajstić information content (AvgIpc) is 2.74. The fourth-order valence-corrected chi connectivity index (χ4v) is 1.64. The number of nitrogens with one attached hydrogen (secondary N) is 1. The van der Waals surface area contributed by atoms with Crippen LogP contribution in [0.15, 0.2) is 36.8 Å². The first kappa shape index (κ1) is 11.0. The predicted octanol–water partition coefficient (Wildman–Crippen LogP) is 2.43. The quantitative estimate of drug-likeness (QED) is 0.887. The third-order valence-electron chi connectivity index (χ3n) is 2.16. The van der Waals surface area contributed by atoms with Crippen LogP contribution in [0.4, 0.5) is 5.82 Å². The van der Waals surface area contributed by atoms with Gasteiger partial charge in [-0.15, -0.1) is 0 Å². The molecule has 2 heterocycles. The normalized spacial score (nSPS) is 12.4. The minimum atomic E-state index is 0.215. The van der Waals surface area contributed by atoms with E-state index in [1.54, 1.807) is 12.4 Å². The van der Waals surface area contributed by atoms with E-state index in [2.05, 4.69) is 22.3 Å². The van der Waals surface area contributed by atoms with Crippen molar-refractivity contribution in [1.29, 1.82) is 0 Å². The van der Waals surface area contributed by atoms with Gasteiger partial charge < -0.3 is 5.32 Å². The van der Waals surface area contributed by atoms with E-state index < -0.39 is 0 Å². The number of pyridine rings is 1. The van der Waals surface area contributed by atoms with Crippen molar-refractivity contribution < 1.29 is 0 Å². The van der Waals surface area contributed by atoms with Crippen molar-refractivity contribution >= 4 is 17.4 Å². The molecule has 0 amide bonds. The third-order valence-corrected chi connectivity index (χ3v) is 2.47. The van der Waals surface area contributed by atoms with Gasteiger partial charge in [0.05, 0.1) is 11.6 Å². The summed E-state index contributed by atoms with van der Waals surface area (Å²) in [6.45, 7) is 2.84. The van der Waals surface area contributed by atoms with Crippen molar-refractivity contribution in [2.24, 2.45) is 0 Å². The Morgan fingerprint density at radius 3 is 3.00 bits per heavy atom. The molecule has 0 saturated carbocycles. The molecule has 1 atom stereocenters. The number of aromatic nitrogens is 3. The molecule has 0 aliphatic rings. The zero-order valence-corrected chi connectivity index (χ0v) is 9.72. The number of rotatable bonds is 4. The van der Waals surface area contributed by atoms with Gasteiger partial charge in [-0.3, -0.25) is 4.68 Å². The zero-order chi connectivity index (χ0) is 11.4. The summed E-state index contributed by atoms with van der Waals surface area (Å²) < 4.78 is 1.87. The van der Waals surface area contributed by atoms with Crippen LogP contribution in [-0.4, -0.2) is 20.8 Å². The topological polar surface area (TPSA) is 42.7 Å². The first-order valence-corrected chi connectivity index (χ1v) is 5.48. The van der Waals surface area contributed by atoms with Crippen LogP contribution < -0.4 is 5.32 Å². The van der Waals surface area contributed by atoms with Crippen molar-refractivity contribution in [1.82, 2.24) is 14.8 Å². The van der Waals surface area contributed by atoms with Crippen molar-refractivity contribution in [2.75, 3.05) is 5.32 Å². The van der Waals surface area contributed by atoms with Crippen LogP contribution in [0.1, 0.15) is 6.92 Å². The Morgan fingerprint density at radius 1 is 1.44 bits per heavy atom. The van der Waals surface area contributed by atoms with E-state index in [0.29, 0.717) is 10.8 Å². The lowest BCUT2D eigenvalue weighted by molar-refractivity contribution is 0.560. The molecule has 0 fully saturated rings. The lowest BCUT2D eigenvalue weighted by Gasteiger charge is -2.15. The van der Waals surface area contributed by atoms with Gasteiger partial charge in [0.25, 0.3) is 0 Å². The van der Waals surface area contributed by atoms with E-state index in [1.807, 2.05) is 29.1 Å². The molecule has 0 aromatic carbocycles. The van der Waals surface area contributed by atoms with Crippen LogP contribution in [0.5, 0.6) is 0 Å². The highest BCUT2D eigenvalue weighted by molar-refractivity contribution is 6.32. The Hall–Kier alpha value is -1.55. The molecule has 1 unspecified atom stereocenters. The van der Waals surface area contributed by atoms with E-state index in [-0.39, 0.29) is 6.04 Å². The number of hydrogen-bond acceptors (Lipinski definition) is 3. The molecule has 0 radical (unpaired) electrons. The maximum atomic E-state index is 6.00. The zero-order valence-electron chi connectivity index (χ0n) is 8.97. The minimum Gasteiger partial charge on any atom is -0.365 e. The van der Waals surface area contributed by atoms with E-state index in [0.717, 1.165) is 6.54 Å². The number of halogens is 1. The van der Waals surface area contributed by atoms with Crippen molar-refractivity contribution in [3.63, 3.8) is 0 Å². The van der Waals surface area contributed by atoms with Crippen LogP contribution in [-0.2, 0) is 6.54 Å². The lowest BCUT2D eigenvalue weighted by atomic mass is 10.3. The summed E-state index contributed by atoms with van der Waals surface area (Å²) in [6.07, 6.45) is 5.41. The SMILES string of the molecule is CC(Cn1cccn1)Nc1ncccc1Cl. The summed E-state index contributed by atoms with van der Waals surface area (Å²) in [6, 6.07) is 5.75. The smallest absolute Gasteiger partial charge is 0.145 e. The molecule has 0 aliphatic heterocycles. The summed E-state index contributed by atoms with van der Waals surface area (Å²) in [4.78, 5) is 4.17. The molecule has 16 heavy (non-hydrogen) atoms. The molecule has 2 aromatic heterocycles. The van der Waals surface area contributed by atoms with Crippen LogP contribution in [0.3, 0.4) is 0 Å². The number of anilines is 1. The van der Waals surface area contributed by atoms with Gasteiger partial charge in [-0.2, -0.15) is 5.10 Å². The van der Waals surface area contributed by atoms with E-state index >= 15 is 0 Å². The molecular formula is C11H13ClN4. The van der Waals surface area contributed by atoms with Gasteiger partial charge in [-0.1, -0.05) is 11.6 Å². The fraction of sp³-hybridized carbons (Fsp3) is 0.273. The summed E-state index contributed by atoms with van der Waals surface area (Å²) in [5, 5.41) is 8.02. The van der Waals surface area contributed by atoms with Gasteiger partial charge in [0.15, 0.2) is 0 Å². The number of nitrogens with zero attached hydrogens (tertiary/aromatic N) is 3. The van der Waals surface area contributed by atoms with Gasteiger partial charge in [-0.25, -0.2) is 4.98 Å². The first-order valence-electron chi connectivity index (χ1n) is 5.10. The average molecular weight is 237 g/mol. The molecule has 0 aliphatic carbocycles. The molecule has 0 spiro atoms. The fourth-order valence-electron chi connectivity index (χ4n) is 1.46. The Kier molecular flexibility index (Phi) is 3.41. The summed E-state index contributed by atoms with van der Waals surface area (Å²) in [5.41, 5.74) is 0. The molecule has 84 valence electrons. The highest BCUT2D eigenvalue weighted by atomic mass is 35.5. The summed E-state index contributed by atoms with van der Waals surface area (Å²) in [7, 11) is 0. The highest BCUT2D eigenvalue weighted by Gasteiger charge is 2.06. The summed E-state index contributed by atoms with van der Waals surface area (Å²) >= 11 is 6.00. The largest absolute Gasteiger partial charge is 0.365 e. The molecule has 0 saturated heterocycles. The second-order valence-corrected chi connectivity index (χ2v) is 4.01. The molecule has 0 bridgehead atoms. The van der Waals surface area contributed by atoms with Crippen LogP contribution in [0.25, 0.3) is 0 Å². The van der Waals surface area contributed by atoms with Crippen molar-refractivity contribution in [3.8, 4) is 0 Å². The Morgan fingerprint density at radius 2 is 2.31 bits per heavy atom. The lowest BCUT2D eigenvalue weighted by Crippen LogP contribution is -2.22. The monoisotopic (exact) mass is 236 g/mol. The van der Waals surface area contributed by atoms with Gasteiger partial charge in [0.2, 0.25) is 0 Å². The number of hydrogen-bond donors (Lipinski definition) is 1. The minimum absolute atomic E-state index is 0.215. The van der Waals surface area contributed by atoms with Crippen LogP contribution >= 0.6 is 11.6 Å².